The van der Waals surface area contributed by atoms with Crippen LogP contribution in [0.2, 0.25) is 0 Å². The first-order chi connectivity index (χ1) is 13.2. The summed E-state index contributed by atoms with van der Waals surface area (Å²) < 4.78 is 1.76. The van der Waals surface area contributed by atoms with Crippen LogP contribution < -0.4 is 5.56 Å². The predicted molar refractivity (Wildman–Crippen MR) is 110 cm³/mol. The van der Waals surface area contributed by atoms with E-state index in [0.29, 0.717) is 11.7 Å². The highest BCUT2D eigenvalue weighted by atomic mass is 32.2. The first kappa shape index (κ1) is 16.8. The van der Waals surface area contributed by atoms with Crippen LogP contribution in [0.5, 0.6) is 0 Å². The summed E-state index contributed by atoms with van der Waals surface area (Å²) in [5.41, 5.74) is 4.59. The second-order valence-corrected chi connectivity index (χ2v) is 8.61. The van der Waals surface area contributed by atoms with E-state index >= 15 is 0 Å². The van der Waals surface area contributed by atoms with Crippen molar-refractivity contribution in [3.05, 3.63) is 75.1 Å². The molecule has 1 atom stereocenters. The van der Waals surface area contributed by atoms with Gasteiger partial charge in [-0.3, -0.25) is 9.36 Å². The largest absolute Gasteiger partial charge is 0.301 e. The third-order valence-electron chi connectivity index (χ3n) is 5.88. The van der Waals surface area contributed by atoms with E-state index in [1.807, 2.05) is 6.92 Å². The van der Waals surface area contributed by atoms with E-state index in [1.165, 1.54) is 40.3 Å². The predicted octanol–water partition coefficient (Wildman–Crippen LogP) is 4.62. The van der Waals surface area contributed by atoms with Gasteiger partial charge in [0.25, 0.3) is 5.56 Å². The normalized spacial score (nSPS) is 18.6. The van der Waals surface area contributed by atoms with E-state index in [4.69, 9.17) is 0 Å². The van der Waals surface area contributed by atoms with Crippen LogP contribution in [0, 0.1) is 6.92 Å². The summed E-state index contributed by atoms with van der Waals surface area (Å²) in [6.07, 6.45) is 4.05. The lowest BCUT2D eigenvalue weighted by Gasteiger charge is -2.19. The minimum Gasteiger partial charge on any atom is -0.301 e. The Morgan fingerprint density at radius 1 is 1.15 bits per heavy atom. The maximum Gasteiger partial charge on any atom is 0.255 e. The lowest BCUT2D eigenvalue weighted by atomic mass is 9.92. The molecular weight excluding hydrogens is 354 g/mol. The molecule has 2 aromatic carbocycles. The Morgan fingerprint density at radius 3 is 2.70 bits per heavy atom. The number of aldehydes is 1. The second kappa shape index (κ2) is 6.38. The van der Waals surface area contributed by atoms with Gasteiger partial charge in [0.2, 0.25) is 0 Å². The highest BCUT2D eigenvalue weighted by Crippen LogP contribution is 2.49. The molecule has 0 N–H and O–H groups in total. The van der Waals surface area contributed by atoms with Crippen molar-refractivity contribution in [2.24, 2.45) is 0 Å². The standard InChI is InChI=1S/C23H21NO2S/c1-14-20(11-17-7-4-6-15-5-2-3-8-19(15)17)21(16-9-10-16)23-24(22(14)26)18(12-25)13-27-23/h2-8,12,16,18H,9-11,13H2,1H3/t18-/m1/s1. The van der Waals surface area contributed by atoms with E-state index in [-0.39, 0.29) is 11.6 Å². The fourth-order valence-electron chi connectivity index (χ4n) is 4.31. The van der Waals surface area contributed by atoms with Gasteiger partial charge in [-0.2, -0.15) is 0 Å². The molecule has 0 saturated heterocycles. The summed E-state index contributed by atoms with van der Waals surface area (Å²) >= 11 is 1.68. The summed E-state index contributed by atoms with van der Waals surface area (Å²) in [5, 5.41) is 3.52. The highest BCUT2D eigenvalue weighted by molar-refractivity contribution is 7.99. The summed E-state index contributed by atoms with van der Waals surface area (Å²) in [5.74, 6) is 1.21. The number of carbonyl (C=O) groups is 1. The van der Waals surface area contributed by atoms with E-state index in [9.17, 15) is 9.59 Å². The molecule has 4 heteroatoms. The third kappa shape index (κ3) is 2.66. The number of aromatic nitrogens is 1. The lowest BCUT2D eigenvalue weighted by Crippen LogP contribution is -2.29. The number of fused-ring (bicyclic) bond motifs is 2. The molecule has 1 aromatic heterocycles. The first-order valence-electron chi connectivity index (χ1n) is 9.51. The third-order valence-corrected chi connectivity index (χ3v) is 7.08. The van der Waals surface area contributed by atoms with Crippen molar-refractivity contribution in [2.45, 2.75) is 43.2 Å². The summed E-state index contributed by atoms with van der Waals surface area (Å²) in [6, 6.07) is 14.5. The van der Waals surface area contributed by atoms with Crippen molar-refractivity contribution in [2.75, 3.05) is 5.75 Å². The molecular formula is C23H21NO2S. The summed E-state index contributed by atoms with van der Waals surface area (Å²) in [7, 11) is 0. The summed E-state index contributed by atoms with van der Waals surface area (Å²) in [4.78, 5) is 24.6. The Labute approximate surface area is 162 Å². The van der Waals surface area contributed by atoms with Crippen LogP contribution in [0.25, 0.3) is 10.8 Å². The molecule has 1 aliphatic heterocycles. The van der Waals surface area contributed by atoms with Gasteiger partial charge in [-0.05, 0) is 59.6 Å². The molecule has 2 aliphatic rings. The number of nitrogens with zero attached hydrogens (tertiary/aromatic N) is 1. The molecule has 0 bridgehead atoms. The Balaban J connectivity index is 1.72. The number of carbonyl (C=O) groups excluding carboxylic acids is 1. The average molecular weight is 375 g/mol. The first-order valence-corrected chi connectivity index (χ1v) is 10.5. The van der Waals surface area contributed by atoms with Crippen molar-refractivity contribution >= 4 is 28.8 Å². The van der Waals surface area contributed by atoms with Crippen LogP contribution in [-0.4, -0.2) is 16.6 Å². The zero-order chi connectivity index (χ0) is 18.5. The van der Waals surface area contributed by atoms with Crippen molar-refractivity contribution in [3.8, 4) is 0 Å². The molecule has 1 saturated carbocycles. The number of thioether (sulfide) groups is 1. The molecule has 0 radical (unpaired) electrons. The van der Waals surface area contributed by atoms with E-state index in [0.717, 1.165) is 23.3 Å². The number of benzene rings is 2. The van der Waals surface area contributed by atoms with Gasteiger partial charge in [-0.15, -0.1) is 11.8 Å². The fourth-order valence-corrected chi connectivity index (χ4v) is 5.67. The molecule has 0 amide bonds. The number of hydrogen-bond donors (Lipinski definition) is 0. The Kier molecular flexibility index (Phi) is 3.97. The maximum atomic E-state index is 13.1. The van der Waals surface area contributed by atoms with Gasteiger partial charge in [0.1, 0.15) is 12.3 Å². The minimum absolute atomic E-state index is 0.00624. The maximum absolute atomic E-state index is 13.1. The smallest absolute Gasteiger partial charge is 0.255 e. The van der Waals surface area contributed by atoms with Gasteiger partial charge in [0, 0.05) is 11.3 Å². The van der Waals surface area contributed by atoms with Crippen molar-refractivity contribution in [1.29, 1.82) is 0 Å². The van der Waals surface area contributed by atoms with Gasteiger partial charge in [-0.25, -0.2) is 0 Å². The molecule has 1 fully saturated rings. The fraction of sp³-hybridized carbons (Fsp3) is 0.304. The topological polar surface area (TPSA) is 39.1 Å². The monoisotopic (exact) mass is 375 g/mol. The Morgan fingerprint density at radius 2 is 1.93 bits per heavy atom. The van der Waals surface area contributed by atoms with Crippen molar-refractivity contribution < 1.29 is 4.79 Å². The molecule has 3 aromatic rings. The summed E-state index contributed by atoms with van der Waals surface area (Å²) in [6.45, 7) is 1.94. The van der Waals surface area contributed by atoms with Gasteiger partial charge in [0.05, 0.1) is 5.03 Å². The van der Waals surface area contributed by atoms with Crippen LogP contribution in [0.3, 0.4) is 0 Å². The van der Waals surface area contributed by atoms with Crippen LogP contribution in [0.15, 0.2) is 52.3 Å². The van der Waals surface area contributed by atoms with Gasteiger partial charge in [0.15, 0.2) is 0 Å². The van der Waals surface area contributed by atoms with Gasteiger partial charge >= 0.3 is 0 Å². The minimum atomic E-state index is -0.319. The molecule has 0 spiro atoms. The van der Waals surface area contributed by atoms with E-state index in [1.54, 1.807) is 16.3 Å². The van der Waals surface area contributed by atoms with E-state index < -0.39 is 0 Å². The number of hydrogen-bond acceptors (Lipinski definition) is 3. The molecule has 0 unspecified atom stereocenters. The van der Waals surface area contributed by atoms with Gasteiger partial charge in [-0.1, -0.05) is 42.5 Å². The van der Waals surface area contributed by atoms with Crippen LogP contribution in [0.1, 0.15) is 47.1 Å². The Bertz CT molecular complexity index is 1120. The molecule has 136 valence electrons. The molecule has 1 aliphatic carbocycles. The van der Waals surface area contributed by atoms with E-state index in [2.05, 4.69) is 42.5 Å². The van der Waals surface area contributed by atoms with Crippen molar-refractivity contribution in [1.82, 2.24) is 4.57 Å². The van der Waals surface area contributed by atoms with Crippen molar-refractivity contribution in [3.63, 3.8) is 0 Å². The molecule has 27 heavy (non-hydrogen) atoms. The molecule has 3 nitrogen and oxygen atoms in total. The van der Waals surface area contributed by atoms with Crippen LogP contribution in [-0.2, 0) is 11.2 Å². The zero-order valence-electron chi connectivity index (χ0n) is 15.3. The quantitative estimate of drug-likeness (QED) is 0.625. The van der Waals surface area contributed by atoms with Gasteiger partial charge < -0.3 is 4.79 Å². The number of pyridine rings is 1. The highest BCUT2D eigenvalue weighted by Gasteiger charge is 2.36. The number of rotatable bonds is 4. The molecule has 5 rings (SSSR count). The van der Waals surface area contributed by atoms with Crippen LogP contribution in [0.4, 0.5) is 0 Å². The van der Waals surface area contributed by atoms with Crippen LogP contribution >= 0.6 is 11.8 Å². The average Bonchev–Trinajstić information content (AvgIpc) is 3.44. The molecule has 2 heterocycles. The SMILES string of the molecule is Cc1c(Cc2cccc3ccccc23)c(C2CC2)c2n(c1=O)[C@H](C=O)CS2. The Hall–Kier alpha value is -2.33. The zero-order valence-corrected chi connectivity index (χ0v) is 16.1. The second-order valence-electron chi connectivity index (χ2n) is 7.60. The lowest BCUT2D eigenvalue weighted by molar-refractivity contribution is -0.110.